The van der Waals surface area contributed by atoms with Crippen molar-refractivity contribution in [2.75, 3.05) is 23.4 Å². The molecule has 7 N–H and O–H groups in total. The van der Waals surface area contributed by atoms with Crippen molar-refractivity contribution in [1.82, 2.24) is 35.2 Å². The molecule has 15 nitrogen and oxygen atoms in total. The van der Waals surface area contributed by atoms with Crippen LogP contribution in [0.3, 0.4) is 0 Å². The summed E-state index contributed by atoms with van der Waals surface area (Å²) < 4.78 is 0. The monoisotopic (exact) mass is 534 g/mol. The average molecular weight is 535 g/mol. The van der Waals surface area contributed by atoms with E-state index < -0.39 is 23.9 Å². The highest BCUT2D eigenvalue weighted by Gasteiger charge is 2.21. The molecule has 4 aromatic rings. The molecular weight excluding hydrogens is 508 g/mol. The second kappa shape index (κ2) is 13.2. The molecule has 1 aromatic carbocycles. The lowest BCUT2D eigenvalue weighted by atomic mass is 10.1. The Kier molecular flexibility index (Phi) is 9.50. The van der Waals surface area contributed by atoms with Gasteiger partial charge in [-0.05, 0) is 36.8 Å². The van der Waals surface area contributed by atoms with Crippen LogP contribution >= 0.6 is 0 Å². The highest BCUT2D eigenvalue weighted by molar-refractivity contribution is 5.97. The summed E-state index contributed by atoms with van der Waals surface area (Å²) in [5.41, 5.74) is 13.7. The van der Waals surface area contributed by atoms with Crippen LogP contribution in [0.1, 0.15) is 28.9 Å². The first-order valence-electron chi connectivity index (χ1n) is 11.4. The van der Waals surface area contributed by atoms with E-state index in [0.717, 1.165) is 5.69 Å². The third-order valence-corrected chi connectivity index (χ3v) is 5.20. The molecule has 0 fully saturated rings. The third kappa shape index (κ3) is 8.28. The number of amides is 1. The van der Waals surface area contributed by atoms with Crippen molar-refractivity contribution in [2.24, 2.45) is 0 Å². The minimum atomic E-state index is -1.30. The molecular formula is C24H26N10O5. The Morgan fingerprint density at radius 2 is 1.72 bits per heavy atom. The molecule has 1 amide bonds. The minimum Gasteiger partial charge on any atom is -0.481 e. The lowest BCUT2D eigenvalue weighted by molar-refractivity contribution is -0.140. The van der Waals surface area contributed by atoms with Gasteiger partial charge in [0.25, 0.3) is 5.91 Å². The van der Waals surface area contributed by atoms with E-state index in [1.807, 2.05) is 11.9 Å². The number of fused-ring (bicyclic) bond motifs is 1. The third-order valence-electron chi connectivity index (χ3n) is 5.20. The molecule has 0 saturated heterocycles. The zero-order chi connectivity index (χ0) is 28.4. The number of rotatable bonds is 9. The van der Waals surface area contributed by atoms with Crippen molar-refractivity contribution in [3.63, 3.8) is 0 Å². The Bertz CT molecular complexity index is 1410. The van der Waals surface area contributed by atoms with Gasteiger partial charge >= 0.3 is 11.9 Å². The number of aromatic nitrogens is 6. The SMILES string of the molecule is CN(Cc1cnc2nc(N)nc(N)c2n1)c1ccc(C(=O)NC(CCC(=O)O)C(=O)O)cc1.c1cncnc1. The average Bonchev–Trinajstić information content (AvgIpc) is 2.92. The van der Waals surface area contributed by atoms with Crippen LogP contribution in [0, 0.1) is 0 Å². The van der Waals surface area contributed by atoms with Crippen LogP contribution in [0.4, 0.5) is 17.5 Å². The van der Waals surface area contributed by atoms with E-state index in [2.05, 4.69) is 35.2 Å². The van der Waals surface area contributed by atoms with Gasteiger partial charge in [-0.25, -0.2) is 24.7 Å². The van der Waals surface area contributed by atoms with Gasteiger partial charge in [0.1, 0.15) is 12.4 Å². The lowest BCUT2D eigenvalue weighted by Crippen LogP contribution is -2.41. The topological polar surface area (TPSA) is 236 Å². The molecule has 0 aliphatic heterocycles. The van der Waals surface area contributed by atoms with Gasteiger partial charge in [0.05, 0.1) is 18.4 Å². The van der Waals surface area contributed by atoms with Crippen molar-refractivity contribution in [1.29, 1.82) is 0 Å². The molecule has 0 aliphatic carbocycles. The highest BCUT2D eigenvalue weighted by Crippen LogP contribution is 2.19. The van der Waals surface area contributed by atoms with E-state index in [1.54, 1.807) is 36.8 Å². The Morgan fingerprint density at radius 1 is 1.03 bits per heavy atom. The summed E-state index contributed by atoms with van der Waals surface area (Å²) in [7, 11) is 1.82. The number of carboxylic acid groups (broad SMARTS) is 2. The standard InChI is InChI=1S/C20H22N8O5.C4H4N2/c1-28(9-11-8-23-17-15(24-11)16(21)26-20(22)27-17)12-4-2-10(3-5-12)18(31)25-13(19(32)33)6-7-14(29)30;1-2-5-4-6-3-1/h2-5,8,13H,6-7,9H2,1H3,(H,25,31)(H,29,30)(H,32,33)(H4,21,22,23,26,27);1-4H. The van der Waals surface area contributed by atoms with Crippen molar-refractivity contribution < 1.29 is 24.6 Å². The fourth-order valence-corrected chi connectivity index (χ4v) is 3.28. The van der Waals surface area contributed by atoms with E-state index >= 15 is 0 Å². The molecule has 0 saturated carbocycles. The predicted octanol–water partition coefficient (Wildman–Crippen LogP) is 0.745. The molecule has 0 spiro atoms. The van der Waals surface area contributed by atoms with Crippen LogP contribution < -0.4 is 21.7 Å². The maximum atomic E-state index is 12.4. The second-order valence-corrected chi connectivity index (χ2v) is 8.10. The first-order valence-corrected chi connectivity index (χ1v) is 11.4. The van der Waals surface area contributed by atoms with Crippen molar-refractivity contribution in [3.05, 3.63) is 66.5 Å². The number of aliphatic carboxylic acids is 2. The van der Waals surface area contributed by atoms with Gasteiger partial charge < -0.3 is 31.9 Å². The minimum absolute atomic E-state index is 0.0138. The molecule has 3 heterocycles. The normalized spacial score (nSPS) is 11.1. The smallest absolute Gasteiger partial charge is 0.326 e. The van der Waals surface area contributed by atoms with Crippen LogP contribution in [0.25, 0.3) is 11.2 Å². The largest absolute Gasteiger partial charge is 0.481 e. The van der Waals surface area contributed by atoms with Gasteiger partial charge in [-0.2, -0.15) is 9.97 Å². The summed E-state index contributed by atoms with van der Waals surface area (Å²) in [5, 5.41) is 20.2. The molecule has 0 bridgehead atoms. The van der Waals surface area contributed by atoms with Crippen LogP contribution in [0.2, 0.25) is 0 Å². The van der Waals surface area contributed by atoms with Gasteiger partial charge in [0.15, 0.2) is 17.0 Å². The molecule has 0 aliphatic rings. The number of benzene rings is 1. The molecule has 0 radical (unpaired) electrons. The van der Waals surface area contributed by atoms with Gasteiger partial charge in [-0.1, -0.05) is 0 Å². The van der Waals surface area contributed by atoms with Crippen LogP contribution in [0.5, 0.6) is 0 Å². The van der Waals surface area contributed by atoms with Gasteiger partial charge in [0, 0.05) is 37.1 Å². The quantitative estimate of drug-likeness (QED) is 0.199. The summed E-state index contributed by atoms with van der Waals surface area (Å²) >= 11 is 0. The number of carbonyl (C=O) groups is 3. The number of hydrogen-bond donors (Lipinski definition) is 5. The van der Waals surface area contributed by atoms with Crippen molar-refractivity contribution >= 4 is 46.5 Å². The number of carboxylic acids is 2. The van der Waals surface area contributed by atoms with Gasteiger partial charge in [-0.15, -0.1) is 0 Å². The predicted molar refractivity (Wildman–Crippen MR) is 140 cm³/mol. The van der Waals surface area contributed by atoms with Gasteiger partial charge in [0.2, 0.25) is 5.95 Å². The first-order chi connectivity index (χ1) is 18.6. The van der Waals surface area contributed by atoms with E-state index in [-0.39, 0.29) is 30.2 Å². The number of anilines is 3. The van der Waals surface area contributed by atoms with Gasteiger partial charge in [-0.3, -0.25) is 9.59 Å². The molecule has 3 aromatic heterocycles. The summed E-state index contributed by atoms with van der Waals surface area (Å²) in [6.45, 7) is 0.370. The Balaban J connectivity index is 0.000000617. The fourth-order valence-electron chi connectivity index (χ4n) is 3.28. The first kappa shape index (κ1) is 28.1. The number of carbonyl (C=O) groups excluding carboxylic acids is 1. The summed E-state index contributed by atoms with van der Waals surface area (Å²) in [6, 6.07) is 6.94. The fraction of sp³-hybridized carbons (Fsp3) is 0.208. The highest BCUT2D eigenvalue weighted by atomic mass is 16.4. The molecule has 1 unspecified atom stereocenters. The second-order valence-electron chi connectivity index (χ2n) is 8.10. The van der Waals surface area contributed by atoms with E-state index in [4.69, 9.17) is 16.6 Å². The molecule has 202 valence electrons. The van der Waals surface area contributed by atoms with E-state index in [0.29, 0.717) is 23.4 Å². The van der Waals surface area contributed by atoms with Crippen LogP contribution in [-0.4, -0.2) is 71.1 Å². The lowest BCUT2D eigenvalue weighted by Gasteiger charge is -2.19. The van der Waals surface area contributed by atoms with Crippen LogP contribution in [0.15, 0.2) is 55.2 Å². The van der Waals surface area contributed by atoms with Crippen LogP contribution in [-0.2, 0) is 16.1 Å². The summed E-state index contributed by atoms with van der Waals surface area (Å²) in [4.78, 5) is 60.0. The molecule has 1 atom stereocenters. The number of nitrogen functional groups attached to an aromatic ring is 2. The molecule has 39 heavy (non-hydrogen) atoms. The summed E-state index contributed by atoms with van der Waals surface area (Å²) in [6.07, 6.45) is 5.84. The Labute approximate surface area is 222 Å². The van der Waals surface area contributed by atoms with E-state index in [1.165, 1.54) is 18.5 Å². The maximum absolute atomic E-state index is 12.4. The summed E-state index contributed by atoms with van der Waals surface area (Å²) in [5.74, 6) is -2.91. The van der Waals surface area contributed by atoms with Crippen molar-refractivity contribution in [3.8, 4) is 0 Å². The number of nitrogens with one attached hydrogen (secondary N) is 1. The molecule has 15 heteroatoms. The Morgan fingerprint density at radius 3 is 2.28 bits per heavy atom. The zero-order valence-electron chi connectivity index (χ0n) is 20.8. The van der Waals surface area contributed by atoms with Crippen molar-refractivity contribution in [2.45, 2.75) is 25.4 Å². The number of nitrogens with two attached hydrogens (primary N) is 2. The Hall–Kier alpha value is -5.47. The number of nitrogens with zero attached hydrogens (tertiary/aromatic N) is 7. The maximum Gasteiger partial charge on any atom is 0.326 e. The molecule has 4 rings (SSSR count). The van der Waals surface area contributed by atoms with E-state index in [9.17, 15) is 19.5 Å². The zero-order valence-corrected chi connectivity index (χ0v) is 20.8. The number of hydrogen-bond acceptors (Lipinski definition) is 12.